The Morgan fingerprint density at radius 1 is 1.45 bits per heavy atom. The monoisotopic (exact) mass is 273 g/mol. The molecule has 3 radical (unpaired) electrons. The number of hydrazone groups is 1. The van der Waals surface area contributed by atoms with E-state index in [1.165, 1.54) is 0 Å². The molecule has 107 valence electrons. The van der Waals surface area contributed by atoms with Crippen molar-refractivity contribution in [3.05, 3.63) is 23.8 Å². The van der Waals surface area contributed by atoms with Gasteiger partial charge in [-0.15, -0.1) is 0 Å². The number of nitrogens with zero attached hydrogens (tertiary/aromatic N) is 4. The molecule has 0 saturated carbocycles. The van der Waals surface area contributed by atoms with E-state index in [0.29, 0.717) is 11.5 Å². The first kappa shape index (κ1) is 18.0. The van der Waals surface area contributed by atoms with E-state index in [9.17, 15) is 0 Å². The molecule has 6 nitrogen and oxygen atoms in total. The van der Waals surface area contributed by atoms with Crippen LogP contribution in [0.3, 0.4) is 0 Å². The van der Waals surface area contributed by atoms with Gasteiger partial charge < -0.3 is 15.7 Å². The molecule has 0 aromatic carbocycles. The first-order valence-corrected chi connectivity index (χ1v) is 6.48. The van der Waals surface area contributed by atoms with Crippen LogP contribution in [0.15, 0.2) is 17.5 Å². The van der Waals surface area contributed by atoms with Gasteiger partial charge in [0.25, 0.3) is 0 Å². The fourth-order valence-corrected chi connectivity index (χ4v) is 1.75. The van der Waals surface area contributed by atoms with E-state index in [1.807, 2.05) is 38.5 Å². The van der Waals surface area contributed by atoms with Crippen molar-refractivity contribution in [3.8, 4) is 0 Å². The topological polar surface area (TPSA) is 81.1 Å². The molecular formula is C13H22BN6. The lowest BCUT2D eigenvalue weighted by Crippen LogP contribution is -2.19. The van der Waals surface area contributed by atoms with Crippen molar-refractivity contribution >= 4 is 25.3 Å². The number of nitrogens with one attached hydrogen (secondary N) is 1. The maximum atomic E-state index is 5.83. The Bertz CT molecular complexity index is 575. The van der Waals surface area contributed by atoms with E-state index in [1.54, 1.807) is 13.4 Å². The largest absolute Gasteiger partial charge is 0.380 e. The normalized spacial score (nSPS) is 10.6. The highest BCUT2D eigenvalue weighted by atomic mass is 15.3. The molecule has 0 aliphatic carbocycles. The number of pyridine rings is 1. The highest BCUT2D eigenvalue weighted by molar-refractivity contribution is 5.98. The number of hydrogen-bond acceptors (Lipinski definition) is 4. The lowest BCUT2D eigenvalue weighted by molar-refractivity contribution is 0.894. The van der Waals surface area contributed by atoms with E-state index >= 15 is 0 Å². The number of rotatable bonds is 3. The van der Waals surface area contributed by atoms with E-state index in [-0.39, 0.29) is 8.41 Å². The smallest absolute Gasteiger partial charge is 0.169 e. The molecule has 2 aromatic heterocycles. The molecule has 0 aliphatic heterocycles. The zero-order chi connectivity index (χ0) is 14.4. The van der Waals surface area contributed by atoms with Gasteiger partial charge in [0.2, 0.25) is 0 Å². The van der Waals surface area contributed by atoms with Gasteiger partial charge in [0.15, 0.2) is 5.84 Å². The highest BCUT2D eigenvalue weighted by Gasteiger charge is 2.10. The summed E-state index contributed by atoms with van der Waals surface area (Å²) in [6.07, 6.45) is 2.59. The lowest BCUT2D eigenvalue weighted by atomic mass is 10.2. The predicted molar refractivity (Wildman–Crippen MR) is 84.8 cm³/mol. The van der Waals surface area contributed by atoms with Crippen LogP contribution >= 0.6 is 0 Å². The van der Waals surface area contributed by atoms with Crippen molar-refractivity contribution < 1.29 is 0 Å². The molecule has 2 aromatic rings. The number of nitrogens with two attached hydrogens (primary N) is 1. The molecule has 20 heavy (non-hydrogen) atoms. The van der Waals surface area contributed by atoms with Crippen LogP contribution in [0.25, 0.3) is 11.0 Å². The zero-order valence-electron chi connectivity index (χ0n) is 12.8. The standard InChI is InChI=1S/C11H16N6.C2H6.B/c1-4-7-10-9(17(3)6-14-10)5-8(15-7)11(12)16-13-2;1-2;/h5-6,13H,4H2,1-3H3,(H2,12,16);1-2H3;. The molecule has 0 aliphatic rings. The average Bonchev–Trinajstić information content (AvgIpc) is 2.82. The van der Waals surface area contributed by atoms with Crippen LogP contribution in [0.2, 0.25) is 0 Å². The quantitative estimate of drug-likeness (QED) is 0.378. The van der Waals surface area contributed by atoms with Crippen molar-refractivity contribution in [2.24, 2.45) is 17.9 Å². The SMILES string of the molecule is CC.CCc1nc(C(N)=NNC)cc2c1ncn2C.[B]. The lowest BCUT2D eigenvalue weighted by Gasteiger charge is -2.05. The summed E-state index contributed by atoms with van der Waals surface area (Å²) in [7, 11) is 3.65. The van der Waals surface area contributed by atoms with Gasteiger partial charge in [-0.05, 0) is 12.5 Å². The van der Waals surface area contributed by atoms with Crippen LogP contribution in [-0.4, -0.2) is 35.8 Å². The van der Waals surface area contributed by atoms with Gasteiger partial charge in [0.1, 0.15) is 11.2 Å². The van der Waals surface area contributed by atoms with Crippen molar-refractivity contribution in [1.29, 1.82) is 0 Å². The van der Waals surface area contributed by atoms with Gasteiger partial charge in [-0.25, -0.2) is 9.97 Å². The second kappa shape index (κ2) is 8.19. The highest BCUT2D eigenvalue weighted by Crippen LogP contribution is 2.17. The number of aromatic nitrogens is 3. The van der Waals surface area contributed by atoms with Crippen molar-refractivity contribution in [2.75, 3.05) is 7.05 Å². The molecule has 0 bridgehead atoms. The maximum Gasteiger partial charge on any atom is 0.169 e. The molecule has 7 heteroatoms. The number of amidine groups is 1. The van der Waals surface area contributed by atoms with Crippen LogP contribution in [0.5, 0.6) is 0 Å². The molecule has 2 rings (SSSR count). The second-order valence-corrected chi connectivity index (χ2v) is 3.75. The summed E-state index contributed by atoms with van der Waals surface area (Å²) >= 11 is 0. The first-order chi connectivity index (χ1) is 9.17. The molecule has 0 saturated heterocycles. The third kappa shape index (κ3) is 3.49. The predicted octanol–water partition coefficient (Wildman–Crippen LogP) is 1.02. The van der Waals surface area contributed by atoms with Crippen molar-refractivity contribution in [1.82, 2.24) is 20.0 Å². The molecule has 0 spiro atoms. The van der Waals surface area contributed by atoms with Crippen LogP contribution in [0, 0.1) is 0 Å². The van der Waals surface area contributed by atoms with Gasteiger partial charge in [-0.1, -0.05) is 20.8 Å². The minimum Gasteiger partial charge on any atom is -0.380 e. The van der Waals surface area contributed by atoms with Gasteiger partial charge >= 0.3 is 0 Å². The Hall–Kier alpha value is -2.05. The Balaban J connectivity index is 0.00000115. The van der Waals surface area contributed by atoms with Crippen LogP contribution in [0.1, 0.15) is 32.2 Å². The van der Waals surface area contributed by atoms with Gasteiger partial charge in [-0.2, -0.15) is 5.10 Å². The summed E-state index contributed by atoms with van der Waals surface area (Å²) in [5.74, 6) is 0.380. The third-order valence-electron chi connectivity index (χ3n) is 2.61. The minimum absolute atomic E-state index is 0. The molecule has 0 atom stereocenters. The van der Waals surface area contributed by atoms with Crippen molar-refractivity contribution in [2.45, 2.75) is 27.2 Å². The summed E-state index contributed by atoms with van der Waals surface area (Å²) in [5, 5.41) is 3.94. The maximum absolute atomic E-state index is 5.83. The molecule has 0 fully saturated rings. The number of imidazole rings is 1. The summed E-state index contributed by atoms with van der Waals surface area (Å²) in [4.78, 5) is 8.82. The molecule has 0 unspecified atom stereocenters. The van der Waals surface area contributed by atoms with Gasteiger partial charge in [0.05, 0.1) is 17.5 Å². The van der Waals surface area contributed by atoms with Crippen LogP contribution in [-0.2, 0) is 13.5 Å². The molecule has 0 amide bonds. The van der Waals surface area contributed by atoms with Gasteiger partial charge in [0, 0.05) is 22.5 Å². The summed E-state index contributed by atoms with van der Waals surface area (Å²) in [5.41, 5.74) is 12.0. The Morgan fingerprint density at radius 2 is 2.10 bits per heavy atom. The van der Waals surface area contributed by atoms with Crippen LogP contribution in [0.4, 0.5) is 0 Å². The number of fused-ring (bicyclic) bond motifs is 1. The first-order valence-electron chi connectivity index (χ1n) is 6.48. The molecule has 3 N–H and O–H groups in total. The summed E-state index contributed by atoms with van der Waals surface area (Å²) in [6.45, 7) is 6.05. The zero-order valence-corrected chi connectivity index (χ0v) is 12.8. The average molecular weight is 273 g/mol. The van der Waals surface area contributed by atoms with E-state index in [0.717, 1.165) is 23.1 Å². The molecular weight excluding hydrogens is 251 g/mol. The third-order valence-corrected chi connectivity index (χ3v) is 2.61. The van der Waals surface area contributed by atoms with E-state index < -0.39 is 0 Å². The Labute approximate surface area is 122 Å². The summed E-state index contributed by atoms with van der Waals surface area (Å²) in [6, 6.07) is 1.90. The Kier molecular flexibility index (Phi) is 7.35. The number of hydrogen-bond donors (Lipinski definition) is 2. The van der Waals surface area contributed by atoms with E-state index in [4.69, 9.17) is 5.73 Å². The van der Waals surface area contributed by atoms with Crippen LogP contribution < -0.4 is 11.2 Å². The molecule has 2 heterocycles. The van der Waals surface area contributed by atoms with Crippen molar-refractivity contribution in [3.63, 3.8) is 0 Å². The number of aryl methyl sites for hydroxylation is 2. The fourth-order valence-electron chi connectivity index (χ4n) is 1.75. The fraction of sp³-hybridized carbons (Fsp3) is 0.462. The second-order valence-electron chi connectivity index (χ2n) is 3.75. The minimum atomic E-state index is 0. The summed E-state index contributed by atoms with van der Waals surface area (Å²) < 4.78 is 1.95. The van der Waals surface area contributed by atoms with E-state index in [2.05, 4.69) is 20.5 Å². The Morgan fingerprint density at radius 3 is 2.65 bits per heavy atom. The van der Waals surface area contributed by atoms with Gasteiger partial charge in [-0.3, -0.25) is 0 Å².